The van der Waals surface area contributed by atoms with Crippen LogP contribution in [0, 0.1) is 24.0 Å². The van der Waals surface area contributed by atoms with E-state index in [0.717, 1.165) is 11.1 Å². The second-order valence-electron chi connectivity index (χ2n) is 5.56. The monoisotopic (exact) mass is 408 g/mol. The Morgan fingerprint density at radius 3 is 2.52 bits per heavy atom. The Hall–Kier alpha value is -2.91. The molecule has 3 N–H and O–H groups in total. The molecule has 0 aliphatic carbocycles. The number of para-hydroxylation sites is 1. The minimum Gasteiger partial charge on any atom is -0.483 e. The summed E-state index contributed by atoms with van der Waals surface area (Å²) in [6.07, 6.45) is 0. The SMILES string of the molecule is Cc1cccc(C)c1OCC(=O)NNC(=S)Nc1cc([N+](=O)[O-])ccc1Cl. The molecular formula is C17H17ClN4O4S. The van der Waals surface area contributed by atoms with Gasteiger partial charge in [0.1, 0.15) is 5.75 Å². The van der Waals surface area contributed by atoms with Crippen molar-refractivity contribution in [3.05, 3.63) is 62.7 Å². The number of nitro groups is 1. The van der Waals surface area contributed by atoms with Gasteiger partial charge in [-0.15, -0.1) is 0 Å². The molecule has 2 rings (SSSR count). The maximum Gasteiger partial charge on any atom is 0.276 e. The zero-order chi connectivity index (χ0) is 20.0. The number of carbonyl (C=O) groups excluding carboxylic acids is 1. The molecule has 10 heteroatoms. The Labute approximate surface area is 166 Å². The van der Waals surface area contributed by atoms with E-state index in [1.807, 2.05) is 32.0 Å². The Kier molecular flexibility index (Phi) is 6.91. The smallest absolute Gasteiger partial charge is 0.276 e. The summed E-state index contributed by atoms with van der Waals surface area (Å²) in [4.78, 5) is 22.2. The van der Waals surface area contributed by atoms with Gasteiger partial charge in [0.2, 0.25) is 0 Å². The Balaban J connectivity index is 1.86. The number of benzene rings is 2. The number of halogens is 1. The highest BCUT2D eigenvalue weighted by molar-refractivity contribution is 7.80. The molecule has 0 radical (unpaired) electrons. The van der Waals surface area contributed by atoms with Crippen molar-refractivity contribution in [3.63, 3.8) is 0 Å². The van der Waals surface area contributed by atoms with Gasteiger partial charge >= 0.3 is 0 Å². The van der Waals surface area contributed by atoms with Gasteiger partial charge in [0.05, 0.1) is 15.6 Å². The van der Waals surface area contributed by atoms with Crippen LogP contribution in [-0.4, -0.2) is 22.5 Å². The standard InChI is InChI=1S/C17H17ClN4O4S/c1-10-4-3-5-11(2)16(10)26-9-15(23)20-21-17(27)19-14-8-12(22(24)25)6-7-13(14)18/h3-8H,9H2,1-2H3,(H,20,23)(H2,19,21,27). The Bertz CT molecular complexity index is 871. The number of amides is 1. The van der Waals surface area contributed by atoms with Crippen LogP contribution in [0.2, 0.25) is 5.02 Å². The topological polar surface area (TPSA) is 106 Å². The number of non-ortho nitro benzene ring substituents is 1. The molecule has 0 bridgehead atoms. The lowest BCUT2D eigenvalue weighted by Crippen LogP contribution is -2.45. The summed E-state index contributed by atoms with van der Waals surface area (Å²) >= 11 is 11.0. The second-order valence-corrected chi connectivity index (χ2v) is 6.37. The van der Waals surface area contributed by atoms with Gasteiger partial charge in [-0.05, 0) is 43.3 Å². The van der Waals surface area contributed by atoms with E-state index in [9.17, 15) is 14.9 Å². The molecule has 27 heavy (non-hydrogen) atoms. The number of thiocarbonyl (C=S) groups is 1. The predicted molar refractivity (Wildman–Crippen MR) is 107 cm³/mol. The lowest BCUT2D eigenvalue weighted by atomic mass is 10.1. The number of anilines is 1. The molecule has 0 saturated heterocycles. The number of hydrazine groups is 1. The van der Waals surface area contributed by atoms with Gasteiger partial charge in [-0.25, -0.2) is 0 Å². The highest BCUT2D eigenvalue weighted by atomic mass is 35.5. The highest BCUT2D eigenvalue weighted by Gasteiger charge is 2.12. The van der Waals surface area contributed by atoms with Crippen LogP contribution in [0.3, 0.4) is 0 Å². The van der Waals surface area contributed by atoms with Crippen molar-refractivity contribution < 1.29 is 14.5 Å². The first-order valence-corrected chi connectivity index (χ1v) is 8.55. The molecule has 2 aromatic carbocycles. The molecule has 8 nitrogen and oxygen atoms in total. The molecule has 0 saturated carbocycles. The lowest BCUT2D eigenvalue weighted by molar-refractivity contribution is -0.384. The largest absolute Gasteiger partial charge is 0.483 e. The molecule has 0 spiro atoms. The predicted octanol–water partition coefficient (Wildman–Crippen LogP) is 3.26. The fourth-order valence-corrected chi connectivity index (χ4v) is 2.53. The van der Waals surface area contributed by atoms with Crippen molar-refractivity contribution in [1.29, 1.82) is 0 Å². The first-order chi connectivity index (χ1) is 12.8. The van der Waals surface area contributed by atoms with E-state index in [0.29, 0.717) is 5.75 Å². The first-order valence-electron chi connectivity index (χ1n) is 7.76. The van der Waals surface area contributed by atoms with E-state index in [1.165, 1.54) is 18.2 Å². The van der Waals surface area contributed by atoms with Crippen LogP contribution in [0.4, 0.5) is 11.4 Å². The molecule has 1 amide bonds. The van der Waals surface area contributed by atoms with Crippen molar-refractivity contribution in [2.45, 2.75) is 13.8 Å². The van der Waals surface area contributed by atoms with Crippen LogP contribution in [-0.2, 0) is 4.79 Å². The Morgan fingerprint density at radius 2 is 1.89 bits per heavy atom. The number of nitro benzene ring substituents is 1. The molecule has 0 heterocycles. The van der Waals surface area contributed by atoms with E-state index in [-0.39, 0.29) is 28.1 Å². The summed E-state index contributed by atoms with van der Waals surface area (Å²) in [5, 5.41) is 13.8. The molecule has 0 atom stereocenters. The number of nitrogens with zero attached hydrogens (tertiary/aromatic N) is 1. The van der Waals surface area contributed by atoms with Crippen molar-refractivity contribution in [3.8, 4) is 5.75 Å². The number of nitrogens with one attached hydrogen (secondary N) is 3. The van der Waals surface area contributed by atoms with Crippen LogP contribution in [0.15, 0.2) is 36.4 Å². The lowest BCUT2D eigenvalue weighted by Gasteiger charge is -2.14. The minimum absolute atomic E-state index is 0.0119. The third-order valence-electron chi connectivity index (χ3n) is 3.48. The molecule has 0 aromatic heterocycles. The van der Waals surface area contributed by atoms with Crippen LogP contribution in [0.5, 0.6) is 5.75 Å². The highest BCUT2D eigenvalue weighted by Crippen LogP contribution is 2.26. The number of carbonyl (C=O) groups is 1. The molecule has 0 aliphatic rings. The summed E-state index contributed by atoms with van der Waals surface area (Å²) in [7, 11) is 0. The zero-order valence-corrected chi connectivity index (χ0v) is 16.1. The molecule has 0 aliphatic heterocycles. The van der Waals surface area contributed by atoms with E-state index in [2.05, 4.69) is 16.2 Å². The average Bonchev–Trinajstić information content (AvgIpc) is 2.61. The van der Waals surface area contributed by atoms with Gasteiger partial charge in [-0.3, -0.25) is 25.8 Å². The first kappa shape index (κ1) is 20.4. The van der Waals surface area contributed by atoms with E-state index in [1.54, 1.807) is 0 Å². The second kappa shape index (κ2) is 9.15. The maximum atomic E-state index is 11.9. The van der Waals surface area contributed by atoms with Crippen molar-refractivity contribution in [2.24, 2.45) is 0 Å². The summed E-state index contributed by atoms with van der Waals surface area (Å²) in [5.74, 6) is 0.198. The number of ether oxygens (including phenoxy) is 1. The minimum atomic E-state index is -0.551. The van der Waals surface area contributed by atoms with Crippen LogP contribution >= 0.6 is 23.8 Å². The van der Waals surface area contributed by atoms with Gasteiger partial charge in [0.25, 0.3) is 11.6 Å². The van der Waals surface area contributed by atoms with Gasteiger partial charge in [-0.1, -0.05) is 29.8 Å². The van der Waals surface area contributed by atoms with Gasteiger partial charge in [-0.2, -0.15) is 0 Å². The maximum absolute atomic E-state index is 11.9. The summed E-state index contributed by atoms with van der Waals surface area (Å²) in [5.41, 5.74) is 6.80. The average molecular weight is 409 g/mol. The number of rotatable bonds is 5. The van der Waals surface area contributed by atoms with Crippen LogP contribution < -0.4 is 20.9 Å². The van der Waals surface area contributed by atoms with Crippen molar-refractivity contribution in [2.75, 3.05) is 11.9 Å². The summed E-state index contributed by atoms with van der Waals surface area (Å²) in [6, 6.07) is 9.57. The van der Waals surface area contributed by atoms with Gasteiger partial charge < -0.3 is 10.1 Å². The molecule has 0 fully saturated rings. The van der Waals surface area contributed by atoms with Gasteiger partial charge in [0.15, 0.2) is 11.7 Å². The Morgan fingerprint density at radius 1 is 1.22 bits per heavy atom. The van der Waals surface area contributed by atoms with Crippen molar-refractivity contribution >= 4 is 46.2 Å². The fraction of sp³-hybridized carbons (Fsp3) is 0.176. The normalized spacial score (nSPS) is 10.0. The van der Waals surface area contributed by atoms with Gasteiger partial charge in [0, 0.05) is 12.1 Å². The van der Waals surface area contributed by atoms with E-state index >= 15 is 0 Å². The number of hydrogen-bond donors (Lipinski definition) is 3. The summed E-state index contributed by atoms with van der Waals surface area (Å²) < 4.78 is 5.53. The summed E-state index contributed by atoms with van der Waals surface area (Å²) in [6.45, 7) is 3.57. The quantitative estimate of drug-likeness (QED) is 0.396. The van der Waals surface area contributed by atoms with Crippen LogP contribution in [0.1, 0.15) is 11.1 Å². The van der Waals surface area contributed by atoms with Crippen LogP contribution in [0.25, 0.3) is 0 Å². The van der Waals surface area contributed by atoms with E-state index in [4.69, 9.17) is 28.6 Å². The third-order valence-corrected chi connectivity index (χ3v) is 4.01. The molecular weight excluding hydrogens is 392 g/mol. The van der Waals surface area contributed by atoms with Crippen molar-refractivity contribution in [1.82, 2.24) is 10.9 Å². The fourth-order valence-electron chi connectivity index (χ4n) is 2.20. The van der Waals surface area contributed by atoms with E-state index < -0.39 is 10.8 Å². The third kappa shape index (κ3) is 5.80. The molecule has 142 valence electrons. The zero-order valence-electron chi connectivity index (χ0n) is 14.5. The number of hydrogen-bond acceptors (Lipinski definition) is 5. The molecule has 2 aromatic rings. The number of aryl methyl sites for hydroxylation is 2. The molecule has 0 unspecified atom stereocenters.